The highest BCUT2D eigenvalue weighted by molar-refractivity contribution is 6.74. The molecule has 0 amide bonds. The molecule has 3 N–H and O–H groups in total. The summed E-state index contributed by atoms with van der Waals surface area (Å²) in [5, 5.41) is 16.1. The van der Waals surface area contributed by atoms with Crippen molar-refractivity contribution in [1.29, 1.82) is 0 Å². The zero-order valence-electron chi connectivity index (χ0n) is 31.2. The number of nitrogens with two attached hydrogens (primary N) is 1. The topological polar surface area (TPSA) is 137 Å². The van der Waals surface area contributed by atoms with Crippen LogP contribution in [0.1, 0.15) is 71.6 Å². The van der Waals surface area contributed by atoms with Gasteiger partial charge in [-0.2, -0.15) is 0 Å². The van der Waals surface area contributed by atoms with Crippen molar-refractivity contribution in [3.63, 3.8) is 0 Å². The molecule has 12 heteroatoms. The summed E-state index contributed by atoms with van der Waals surface area (Å²) in [7, 11) is 0.750. The van der Waals surface area contributed by atoms with Gasteiger partial charge in [0.2, 0.25) is 11.6 Å². The summed E-state index contributed by atoms with van der Waals surface area (Å²) in [6, 6.07) is 19.4. The number of anilines is 1. The third-order valence-electron chi connectivity index (χ3n) is 11.5. The molecular formula is C41H46FN3O7Si. The minimum Gasteiger partial charge on any atom is -0.507 e. The number of aromatic nitrogens is 1. The van der Waals surface area contributed by atoms with Gasteiger partial charge in [-0.15, -0.1) is 0 Å². The Labute approximate surface area is 309 Å². The number of aliphatic hydroxyl groups is 1. The number of fused-ring (bicyclic) bond motifs is 4. The second-order valence-electron chi connectivity index (χ2n) is 16.1. The molecule has 0 saturated heterocycles. The van der Waals surface area contributed by atoms with Crippen LogP contribution in [0.25, 0.3) is 5.76 Å². The molecule has 0 aliphatic heterocycles. The number of nitrogens with zero attached hydrogens (tertiary/aromatic N) is 2. The Hall–Kier alpha value is -4.78. The lowest BCUT2D eigenvalue weighted by molar-refractivity contribution is -0.140. The molecule has 3 aliphatic rings. The Bertz CT molecular complexity index is 2110. The SMILES string of the molecule is CN(C)[C@@H]1c2onc(OCc3ccccc3)c2C(=O)[C@@]2(O[Si](C)(C)C(C)(C)C)C(=O)C3=C(O)c4c(c(F)cc(N)c4OCc4ccccc4)C[C@H]3C[C@@H]12. The van der Waals surface area contributed by atoms with Crippen LogP contribution in [-0.2, 0) is 28.9 Å². The van der Waals surface area contributed by atoms with E-state index in [9.17, 15) is 5.11 Å². The second kappa shape index (κ2) is 13.3. The van der Waals surface area contributed by atoms with Crippen molar-refractivity contribution in [3.05, 3.63) is 112 Å². The van der Waals surface area contributed by atoms with Crippen LogP contribution in [0.5, 0.6) is 11.6 Å². The van der Waals surface area contributed by atoms with Crippen LogP contribution in [0.15, 0.2) is 76.8 Å². The highest BCUT2D eigenvalue weighted by Gasteiger charge is 2.69. The second-order valence-corrected chi connectivity index (χ2v) is 20.8. The van der Waals surface area contributed by atoms with Crippen LogP contribution < -0.4 is 15.2 Å². The highest BCUT2D eigenvalue weighted by atomic mass is 28.4. The summed E-state index contributed by atoms with van der Waals surface area (Å²) in [4.78, 5) is 32.9. The molecule has 0 bridgehead atoms. The molecule has 3 aliphatic carbocycles. The molecule has 4 aromatic rings. The maximum absolute atomic E-state index is 15.9. The fourth-order valence-corrected chi connectivity index (χ4v) is 9.32. The number of carbonyl (C=O) groups is 2. The van der Waals surface area contributed by atoms with Crippen molar-refractivity contribution < 1.29 is 37.5 Å². The van der Waals surface area contributed by atoms with Crippen LogP contribution in [0.4, 0.5) is 10.1 Å². The minimum atomic E-state index is -2.94. The number of nitrogen functional groups attached to an aromatic ring is 1. The number of ether oxygens (including phenoxy) is 2. The van der Waals surface area contributed by atoms with Crippen molar-refractivity contribution in [2.24, 2.45) is 11.8 Å². The standard InChI is InChI=1S/C41H46FN3O7Si/c1-40(2,3)53(6,7)52-41-27(33(45(4)5)36-32(38(41)48)39(44-51-36)50-22-24-16-12-9-13-17-24)19-25-18-26-28(42)20-29(43)35(31(26)34(46)30(25)37(41)47)49-21-23-14-10-8-11-15-23/h8-17,20,25,27,33,46H,18-19,21-22,43H2,1-7H3/t25-,27-,33-,41-/m0/s1. The lowest BCUT2D eigenvalue weighted by atomic mass is 9.57. The predicted molar refractivity (Wildman–Crippen MR) is 200 cm³/mol. The van der Waals surface area contributed by atoms with Gasteiger partial charge in [0, 0.05) is 23.1 Å². The predicted octanol–water partition coefficient (Wildman–Crippen LogP) is 7.84. The third-order valence-corrected chi connectivity index (χ3v) is 15.9. The number of carbonyl (C=O) groups excluding carboxylic acids is 2. The Morgan fingerprint density at radius 3 is 2.17 bits per heavy atom. The number of Topliss-reactive ketones (excluding diaryl/α,β-unsaturated/α-hetero) is 2. The van der Waals surface area contributed by atoms with Gasteiger partial charge in [-0.3, -0.25) is 14.5 Å². The summed E-state index contributed by atoms with van der Waals surface area (Å²) < 4.78 is 41.3. The van der Waals surface area contributed by atoms with E-state index in [2.05, 4.69) is 5.16 Å². The minimum absolute atomic E-state index is 0.000431. The Kier molecular flexibility index (Phi) is 9.15. The molecule has 53 heavy (non-hydrogen) atoms. The van der Waals surface area contributed by atoms with E-state index in [0.717, 1.165) is 11.1 Å². The molecule has 0 unspecified atom stereocenters. The molecule has 7 rings (SSSR count). The number of aliphatic hydroxyl groups excluding tert-OH is 1. The number of rotatable bonds is 9. The van der Waals surface area contributed by atoms with Crippen LogP contribution in [0.2, 0.25) is 18.1 Å². The van der Waals surface area contributed by atoms with Gasteiger partial charge in [0.25, 0.3) is 5.88 Å². The maximum atomic E-state index is 15.9. The van der Waals surface area contributed by atoms with E-state index in [-0.39, 0.29) is 71.4 Å². The zero-order chi connectivity index (χ0) is 38.0. The lowest BCUT2D eigenvalue weighted by Crippen LogP contribution is -2.68. The van der Waals surface area contributed by atoms with E-state index in [1.54, 1.807) is 0 Å². The van der Waals surface area contributed by atoms with Gasteiger partial charge in [-0.25, -0.2) is 4.39 Å². The molecule has 278 valence electrons. The largest absolute Gasteiger partial charge is 0.507 e. The van der Waals surface area contributed by atoms with E-state index in [1.807, 2.05) is 114 Å². The average molecular weight is 740 g/mol. The molecule has 10 nitrogen and oxygen atoms in total. The van der Waals surface area contributed by atoms with E-state index >= 15 is 14.0 Å². The first kappa shape index (κ1) is 36.6. The van der Waals surface area contributed by atoms with Crippen molar-refractivity contribution in [3.8, 4) is 11.6 Å². The van der Waals surface area contributed by atoms with Crippen LogP contribution >= 0.6 is 0 Å². The number of benzene rings is 3. The molecule has 3 aromatic carbocycles. The quantitative estimate of drug-likeness (QED) is 0.0992. The van der Waals surface area contributed by atoms with Crippen LogP contribution in [0.3, 0.4) is 0 Å². The maximum Gasteiger partial charge on any atom is 0.265 e. The van der Waals surface area contributed by atoms with Gasteiger partial charge in [0.05, 0.1) is 17.3 Å². The van der Waals surface area contributed by atoms with Gasteiger partial charge in [0.1, 0.15) is 30.4 Å². The van der Waals surface area contributed by atoms with Crippen molar-refractivity contribution in [2.45, 2.75) is 76.6 Å². The summed E-state index contributed by atoms with van der Waals surface area (Å²) in [6.45, 7) is 10.3. The van der Waals surface area contributed by atoms with Gasteiger partial charge >= 0.3 is 0 Å². The van der Waals surface area contributed by atoms with Crippen LogP contribution in [-0.4, -0.2) is 54.7 Å². The van der Waals surface area contributed by atoms with Crippen molar-refractivity contribution in [2.75, 3.05) is 19.8 Å². The summed E-state index contributed by atoms with van der Waals surface area (Å²) in [5.41, 5.74) is 6.18. The monoisotopic (exact) mass is 739 g/mol. The molecule has 0 radical (unpaired) electrons. The molecule has 1 saturated carbocycles. The van der Waals surface area contributed by atoms with E-state index in [0.29, 0.717) is 0 Å². The fraction of sp³-hybridized carbons (Fsp3) is 0.390. The number of hydrogen-bond acceptors (Lipinski definition) is 10. The summed E-state index contributed by atoms with van der Waals surface area (Å²) in [5.74, 6) is -3.48. The molecular weight excluding hydrogens is 694 g/mol. The van der Waals surface area contributed by atoms with Crippen LogP contribution in [0, 0.1) is 17.7 Å². The van der Waals surface area contributed by atoms with E-state index in [1.165, 1.54) is 6.07 Å². The van der Waals surface area contributed by atoms with Gasteiger partial charge < -0.3 is 29.3 Å². The summed E-state index contributed by atoms with van der Waals surface area (Å²) >= 11 is 0. The smallest absolute Gasteiger partial charge is 0.265 e. The van der Waals surface area contributed by atoms with Gasteiger partial charge in [-0.05, 0) is 67.3 Å². The Balaban J connectivity index is 1.41. The Morgan fingerprint density at radius 1 is 0.981 bits per heavy atom. The van der Waals surface area contributed by atoms with Crippen molar-refractivity contribution in [1.82, 2.24) is 10.1 Å². The number of ketones is 2. The molecule has 1 fully saturated rings. The highest BCUT2D eigenvalue weighted by Crippen LogP contribution is 2.59. The zero-order valence-corrected chi connectivity index (χ0v) is 32.2. The lowest BCUT2D eigenvalue weighted by Gasteiger charge is -2.55. The fourth-order valence-electron chi connectivity index (χ4n) is 7.87. The molecule has 1 heterocycles. The average Bonchev–Trinajstić information content (AvgIpc) is 3.52. The number of halogens is 1. The molecule has 0 spiro atoms. The van der Waals surface area contributed by atoms with E-state index in [4.69, 9.17) is 24.2 Å². The first-order valence-corrected chi connectivity index (χ1v) is 20.8. The Morgan fingerprint density at radius 2 is 1.58 bits per heavy atom. The summed E-state index contributed by atoms with van der Waals surface area (Å²) in [6.07, 6.45) is 0.280. The normalized spacial score (nSPS) is 22.6. The van der Waals surface area contributed by atoms with E-state index < -0.39 is 60.0 Å². The van der Waals surface area contributed by atoms with Crippen molar-refractivity contribution >= 4 is 31.3 Å². The number of hydrogen-bond donors (Lipinski definition) is 2. The van der Waals surface area contributed by atoms with Gasteiger partial charge in [0.15, 0.2) is 25.4 Å². The first-order valence-electron chi connectivity index (χ1n) is 17.9. The molecule has 1 aromatic heterocycles. The molecule has 4 atom stereocenters. The third kappa shape index (κ3) is 5.96. The first-order chi connectivity index (χ1) is 25.1. The van der Waals surface area contributed by atoms with Gasteiger partial charge in [-0.1, -0.05) is 81.4 Å².